The van der Waals surface area contributed by atoms with Crippen LogP contribution in [-0.2, 0) is 13.6 Å². The molecular weight excluding hydrogens is 202 g/mol. The van der Waals surface area contributed by atoms with E-state index in [1.165, 1.54) is 6.42 Å². The lowest BCUT2D eigenvalue weighted by Crippen LogP contribution is -2.57. The molecule has 0 unspecified atom stereocenters. The van der Waals surface area contributed by atoms with Crippen molar-refractivity contribution in [3.8, 4) is 0 Å². The fourth-order valence-electron chi connectivity index (χ4n) is 1.98. The number of rotatable bonds is 5. The van der Waals surface area contributed by atoms with Crippen LogP contribution in [-0.4, -0.2) is 45.3 Å². The molecule has 5 nitrogen and oxygen atoms in total. The van der Waals surface area contributed by atoms with Crippen molar-refractivity contribution in [1.82, 2.24) is 25.0 Å². The van der Waals surface area contributed by atoms with Gasteiger partial charge in [0.05, 0.1) is 6.54 Å². The summed E-state index contributed by atoms with van der Waals surface area (Å²) in [5, 5.41) is 11.7. The van der Waals surface area contributed by atoms with Crippen LogP contribution in [0.15, 0.2) is 0 Å². The largest absolute Gasteiger partial charge is 0.317 e. The first-order valence-electron chi connectivity index (χ1n) is 6.02. The van der Waals surface area contributed by atoms with Crippen molar-refractivity contribution in [2.45, 2.75) is 32.9 Å². The second kappa shape index (κ2) is 4.93. The van der Waals surface area contributed by atoms with E-state index in [4.69, 9.17) is 0 Å². The molecule has 16 heavy (non-hydrogen) atoms. The van der Waals surface area contributed by atoms with Gasteiger partial charge in [0.15, 0.2) is 0 Å². The van der Waals surface area contributed by atoms with Crippen LogP contribution < -0.4 is 5.32 Å². The second-order valence-electron chi connectivity index (χ2n) is 4.51. The lowest BCUT2D eigenvalue weighted by atomic mass is 10.1. The van der Waals surface area contributed by atoms with Gasteiger partial charge < -0.3 is 9.88 Å². The molecule has 2 heterocycles. The maximum atomic E-state index is 4.23. The molecule has 1 aliphatic heterocycles. The third-order valence-electron chi connectivity index (χ3n) is 3.31. The molecule has 90 valence electrons. The molecule has 1 fully saturated rings. The van der Waals surface area contributed by atoms with Crippen molar-refractivity contribution >= 4 is 0 Å². The standard InChI is InChI=1S/C11H21N5/c1-4-5-16(10-6-12-7-10)8-11-14-13-9(2)15(11)3/h10,12H,4-8H2,1-3H3. The highest BCUT2D eigenvalue weighted by atomic mass is 15.3. The van der Waals surface area contributed by atoms with Crippen LogP contribution in [0.1, 0.15) is 25.0 Å². The smallest absolute Gasteiger partial charge is 0.146 e. The van der Waals surface area contributed by atoms with Crippen molar-refractivity contribution in [1.29, 1.82) is 0 Å². The van der Waals surface area contributed by atoms with E-state index in [0.717, 1.165) is 37.8 Å². The Morgan fingerprint density at radius 2 is 2.19 bits per heavy atom. The van der Waals surface area contributed by atoms with E-state index in [9.17, 15) is 0 Å². The monoisotopic (exact) mass is 223 g/mol. The molecule has 2 rings (SSSR count). The van der Waals surface area contributed by atoms with Crippen LogP contribution in [0.4, 0.5) is 0 Å². The summed E-state index contributed by atoms with van der Waals surface area (Å²) in [6.07, 6.45) is 1.19. The van der Waals surface area contributed by atoms with E-state index in [1.807, 2.05) is 14.0 Å². The molecule has 1 saturated heterocycles. The molecule has 0 aliphatic carbocycles. The second-order valence-corrected chi connectivity index (χ2v) is 4.51. The molecule has 0 bridgehead atoms. The van der Waals surface area contributed by atoms with E-state index in [-0.39, 0.29) is 0 Å². The molecule has 1 aliphatic rings. The minimum absolute atomic E-state index is 0.678. The summed E-state index contributed by atoms with van der Waals surface area (Å²) in [7, 11) is 2.04. The van der Waals surface area contributed by atoms with Gasteiger partial charge in [-0.3, -0.25) is 4.90 Å². The first-order chi connectivity index (χ1) is 7.72. The highest BCUT2D eigenvalue weighted by molar-refractivity contribution is 4.95. The number of hydrogen-bond acceptors (Lipinski definition) is 4. The van der Waals surface area contributed by atoms with E-state index in [1.54, 1.807) is 0 Å². The number of nitrogens with one attached hydrogen (secondary N) is 1. The molecule has 0 atom stereocenters. The van der Waals surface area contributed by atoms with Crippen LogP contribution >= 0.6 is 0 Å². The Balaban J connectivity index is 2.01. The van der Waals surface area contributed by atoms with Gasteiger partial charge in [0, 0.05) is 26.2 Å². The minimum atomic E-state index is 0.678. The lowest BCUT2D eigenvalue weighted by molar-refractivity contribution is 0.133. The van der Waals surface area contributed by atoms with Gasteiger partial charge in [-0.1, -0.05) is 6.92 Å². The summed E-state index contributed by atoms with van der Waals surface area (Å²) in [5.74, 6) is 2.05. The maximum absolute atomic E-state index is 4.23. The maximum Gasteiger partial charge on any atom is 0.146 e. The highest BCUT2D eigenvalue weighted by Crippen LogP contribution is 2.10. The minimum Gasteiger partial charge on any atom is -0.317 e. The molecule has 1 aromatic rings. The topological polar surface area (TPSA) is 46.0 Å². The van der Waals surface area contributed by atoms with Crippen molar-refractivity contribution < 1.29 is 0 Å². The zero-order valence-electron chi connectivity index (χ0n) is 10.4. The summed E-state index contributed by atoms with van der Waals surface area (Å²) in [6, 6.07) is 0.678. The average molecular weight is 223 g/mol. The van der Waals surface area contributed by atoms with Gasteiger partial charge >= 0.3 is 0 Å². The van der Waals surface area contributed by atoms with Crippen LogP contribution in [0.3, 0.4) is 0 Å². The fraction of sp³-hybridized carbons (Fsp3) is 0.818. The summed E-state index contributed by atoms with van der Waals surface area (Å²) in [6.45, 7) is 8.48. The van der Waals surface area contributed by atoms with E-state index < -0.39 is 0 Å². The van der Waals surface area contributed by atoms with Crippen LogP contribution in [0.2, 0.25) is 0 Å². The molecule has 1 aromatic heterocycles. The fourth-order valence-corrected chi connectivity index (χ4v) is 1.98. The predicted octanol–water partition coefficient (Wildman–Crippen LogP) is 0.307. The Morgan fingerprint density at radius 1 is 1.44 bits per heavy atom. The van der Waals surface area contributed by atoms with Crippen molar-refractivity contribution in [2.24, 2.45) is 7.05 Å². The third kappa shape index (κ3) is 2.25. The van der Waals surface area contributed by atoms with Crippen LogP contribution in [0.25, 0.3) is 0 Å². The highest BCUT2D eigenvalue weighted by Gasteiger charge is 2.25. The zero-order valence-corrected chi connectivity index (χ0v) is 10.4. The van der Waals surface area contributed by atoms with Crippen molar-refractivity contribution in [2.75, 3.05) is 19.6 Å². The van der Waals surface area contributed by atoms with E-state index in [2.05, 4.69) is 31.9 Å². The third-order valence-corrected chi connectivity index (χ3v) is 3.31. The molecule has 0 radical (unpaired) electrons. The Kier molecular flexibility index (Phi) is 3.56. The molecule has 0 aromatic carbocycles. The average Bonchev–Trinajstić information content (AvgIpc) is 2.47. The van der Waals surface area contributed by atoms with Gasteiger partial charge in [-0.2, -0.15) is 0 Å². The van der Waals surface area contributed by atoms with Crippen molar-refractivity contribution in [3.63, 3.8) is 0 Å². The molecule has 1 N–H and O–H groups in total. The van der Waals surface area contributed by atoms with Crippen molar-refractivity contribution in [3.05, 3.63) is 11.6 Å². The van der Waals surface area contributed by atoms with Crippen LogP contribution in [0, 0.1) is 6.92 Å². The normalized spacial score (nSPS) is 16.8. The number of aromatic nitrogens is 3. The molecule has 0 amide bonds. The van der Waals surface area contributed by atoms with Gasteiger partial charge in [0.25, 0.3) is 0 Å². The Bertz CT molecular complexity index is 342. The summed E-state index contributed by atoms with van der Waals surface area (Å²) in [5.41, 5.74) is 0. The molecule has 5 heteroatoms. The van der Waals surface area contributed by atoms with Gasteiger partial charge in [-0.05, 0) is 19.9 Å². The van der Waals surface area contributed by atoms with Gasteiger partial charge in [-0.25, -0.2) is 0 Å². The number of aryl methyl sites for hydroxylation is 1. The van der Waals surface area contributed by atoms with E-state index in [0.29, 0.717) is 6.04 Å². The summed E-state index contributed by atoms with van der Waals surface area (Å²) < 4.78 is 2.08. The van der Waals surface area contributed by atoms with E-state index >= 15 is 0 Å². The van der Waals surface area contributed by atoms with Gasteiger partial charge in [0.2, 0.25) is 0 Å². The predicted molar refractivity (Wildman–Crippen MR) is 63.1 cm³/mol. The van der Waals surface area contributed by atoms with Gasteiger partial charge in [-0.15, -0.1) is 10.2 Å². The first-order valence-corrected chi connectivity index (χ1v) is 6.02. The summed E-state index contributed by atoms with van der Waals surface area (Å²) >= 11 is 0. The SMILES string of the molecule is CCCN(Cc1nnc(C)n1C)C1CNC1. The Hall–Kier alpha value is -0.940. The molecular formula is C11H21N5. The number of nitrogens with zero attached hydrogens (tertiary/aromatic N) is 4. The molecule has 0 saturated carbocycles. The summed E-state index contributed by atoms with van der Waals surface area (Å²) in [4.78, 5) is 2.50. The number of hydrogen-bond donors (Lipinski definition) is 1. The lowest BCUT2D eigenvalue weighted by Gasteiger charge is -2.37. The Morgan fingerprint density at radius 3 is 2.62 bits per heavy atom. The quantitative estimate of drug-likeness (QED) is 0.780. The first kappa shape index (κ1) is 11.5. The zero-order chi connectivity index (χ0) is 11.5. The molecule has 0 spiro atoms. The van der Waals surface area contributed by atoms with Crippen LogP contribution in [0.5, 0.6) is 0 Å². The Labute approximate surface area is 96.8 Å². The van der Waals surface area contributed by atoms with Gasteiger partial charge in [0.1, 0.15) is 11.6 Å².